The molecule has 0 aliphatic carbocycles. The maximum atomic E-state index is 13.7. The lowest BCUT2D eigenvalue weighted by Gasteiger charge is -2.29. The number of esters is 2. The van der Waals surface area contributed by atoms with Crippen LogP contribution in [0.5, 0.6) is 0 Å². The lowest BCUT2D eigenvalue weighted by Crippen LogP contribution is -2.35. The van der Waals surface area contributed by atoms with Crippen LogP contribution in [0.15, 0.2) is 57.7 Å². The molecule has 0 amide bonds. The first kappa shape index (κ1) is 23.1. The van der Waals surface area contributed by atoms with E-state index in [9.17, 15) is 14.4 Å². The van der Waals surface area contributed by atoms with Crippen LogP contribution in [-0.2, 0) is 26.1 Å². The number of nitrogens with one attached hydrogen (secondary N) is 1. The Morgan fingerprint density at radius 1 is 0.938 bits per heavy atom. The van der Waals surface area contributed by atoms with Crippen molar-refractivity contribution < 1.29 is 19.1 Å². The van der Waals surface area contributed by atoms with Gasteiger partial charge in [0.2, 0.25) is 0 Å². The molecular weight excluding hydrogens is 410 g/mol. The average molecular weight is 440 g/mol. The first-order valence-electron chi connectivity index (χ1n) is 10.6. The van der Waals surface area contributed by atoms with Crippen LogP contribution in [-0.4, -0.2) is 34.5 Å². The monoisotopic (exact) mass is 439 g/mol. The summed E-state index contributed by atoms with van der Waals surface area (Å²) in [6, 6.07) is 9.21. The van der Waals surface area contributed by atoms with Crippen molar-refractivity contribution in [3.8, 4) is 5.69 Å². The summed E-state index contributed by atoms with van der Waals surface area (Å²) in [5.41, 5.74) is 2.86. The third-order valence-corrected chi connectivity index (χ3v) is 5.64. The van der Waals surface area contributed by atoms with Crippen LogP contribution < -0.4 is 10.9 Å². The molecule has 0 saturated heterocycles. The summed E-state index contributed by atoms with van der Waals surface area (Å²) in [6.45, 7) is 9.03. The van der Waals surface area contributed by atoms with Gasteiger partial charge in [0.05, 0.1) is 41.5 Å². The van der Waals surface area contributed by atoms with Crippen molar-refractivity contribution in [1.29, 1.82) is 0 Å². The van der Waals surface area contributed by atoms with Gasteiger partial charge in [0.15, 0.2) is 0 Å². The first-order chi connectivity index (χ1) is 15.2. The summed E-state index contributed by atoms with van der Waals surface area (Å²) in [5, 5.41) is 3.09. The second kappa shape index (κ2) is 9.30. The minimum atomic E-state index is -0.919. The van der Waals surface area contributed by atoms with E-state index in [0.717, 1.165) is 0 Å². The molecule has 1 aliphatic heterocycles. The first-order valence-corrected chi connectivity index (χ1v) is 10.6. The van der Waals surface area contributed by atoms with E-state index in [1.54, 1.807) is 46.3 Å². The highest BCUT2D eigenvalue weighted by molar-refractivity contribution is 6.00. The lowest BCUT2D eigenvalue weighted by atomic mass is 9.80. The van der Waals surface area contributed by atoms with Crippen LogP contribution in [0.1, 0.15) is 44.9 Å². The molecule has 1 N–H and O–H groups in total. The number of carbonyl (C=O) groups excluding carboxylic acids is 2. The van der Waals surface area contributed by atoms with Gasteiger partial charge in [-0.1, -0.05) is 18.2 Å². The number of para-hydroxylation sites is 1. The summed E-state index contributed by atoms with van der Waals surface area (Å²) in [5.74, 6) is -2.07. The van der Waals surface area contributed by atoms with Crippen molar-refractivity contribution in [3.05, 3.63) is 74.5 Å². The van der Waals surface area contributed by atoms with Crippen LogP contribution >= 0.6 is 0 Å². The molecule has 32 heavy (non-hydrogen) atoms. The van der Waals surface area contributed by atoms with Crippen molar-refractivity contribution in [2.24, 2.45) is 7.05 Å². The van der Waals surface area contributed by atoms with E-state index in [1.807, 2.05) is 30.3 Å². The van der Waals surface area contributed by atoms with Gasteiger partial charge >= 0.3 is 11.9 Å². The number of allylic oxidation sites excluding steroid dienone is 2. The Morgan fingerprint density at radius 3 is 1.91 bits per heavy atom. The molecule has 0 atom stereocenters. The number of aromatic nitrogens is 2. The predicted octanol–water partition coefficient (Wildman–Crippen LogP) is 2.85. The minimum Gasteiger partial charge on any atom is -0.463 e. The van der Waals surface area contributed by atoms with Crippen molar-refractivity contribution >= 4 is 11.9 Å². The Labute approximate surface area is 187 Å². The summed E-state index contributed by atoms with van der Waals surface area (Å²) >= 11 is 0. The number of hydrogen-bond donors (Lipinski definition) is 1. The number of nitrogens with zero attached hydrogens (tertiary/aromatic N) is 2. The molecule has 0 bridgehead atoms. The quantitative estimate of drug-likeness (QED) is 0.696. The Morgan fingerprint density at radius 2 is 1.44 bits per heavy atom. The van der Waals surface area contributed by atoms with Crippen molar-refractivity contribution in [2.75, 3.05) is 13.2 Å². The van der Waals surface area contributed by atoms with E-state index in [4.69, 9.17) is 9.47 Å². The summed E-state index contributed by atoms with van der Waals surface area (Å²) < 4.78 is 13.9. The topological polar surface area (TPSA) is 91.6 Å². The number of carbonyl (C=O) groups is 2. The van der Waals surface area contributed by atoms with Crippen LogP contribution in [0.3, 0.4) is 0 Å². The van der Waals surface area contributed by atoms with Crippen molar-refractivity contribution in [3.63, 3.8) is 0 Å². The van der Waals surface area contributed by atoms with Crippen molar-refractivity contribution in [1.82, 2.24) is 14.7 Å². The fourth-order valence-electron chi connectivity index (χ4n) is 4.16. The van der Waals surface area contributed by atoms with Crippen LogP contribution in [0, 0.1) is 6.92 Å². The Bertz CT molecular complexity index is 1130. The average Bonchev–Trinajstić information content (AvgIpc) is 2.96. The molecule has 3 rings (SSSR count). The van der Waals surface area contributed by atoms with Gasteiger partial charge in [0.1, 0.15) is 0 Å². The van der Waals surface area contributed by atoms with E-state index < -0.39 is 17.9 Å². The van der Waals surface area contributed by atoms with Gasteiger partial charge in [0.25, 0.3) is 5.56 Å². The van der Waals surface area contributed by atoms with Gasteiger partial charge in [-0.25, -0.2) is 14.3 Å². The maximum Gasteiger partial charge on any atom is 0.336 e. The minimum absolute atomic E-state index is 0.168. The molecule has 170 valence electrons. The second-order valence-corrected chi connectivity index (χ2v) is 7.55. The molecule has 1 aliphatic rings. The SMILES string of the molecule is CCOC(=O)C1=C(C)NC(C)=C(C(=O)OCC)C1c1c(C)n(C)n(-c2ccccc2)c1=O. The third kappa shape index (κ3) is 3.88. The molecule has 1 aromatic carbocycles. The van der Waals surface area contributed by atoms with E-state index in [2.05, 4.69) is 5.32 Å². The van der Waals surface area contributed by atoms with Crippen LogP contribution in [0.25, 0.3) is 5.69 Å². The molecule has 0 unspecified atom stereocenters. The molecule has 1 aromatic heterocycles. The fraction of sp³-hybridized carbons (Fsp3) is 0.375. The number of hydrogen-bond acceptors (Lipinski definition) is 6. The van der Waals surface area contributed by atoms with Gasteiger partial charge in [0, 0.05) is 24.1 Å². The molecule has 0 radical (unpaired) electrons. The van der Waals surface area contributed by atoms with Gasteiger partial charge in [-0.3, -0.25) is 9.48 Å². The molecule has 0 fully saturated rings. The molecule has 0 spiro atoms. The largest absolute Gasteiger partial charge is 0.463 e. The number of benzene rings is 1. The van der Waals surface area contributed by atoms with E-state index >= 15 is 0 Å². The Hall–Kier alpha value is -3.55. The maximum absolute atomic E-state index is 13.7. The Balaban J connectivity index is 2.33. The molecular formula is C24H29N3O5. The molecule has 0 saturated carbocycles. The standard InChI is InChI=1S/C24H29N3O5/c1-7-31-23(29)18-14(3)25-15(4)19(24(30)32-8-2)21(18)20-16(5)26(6)27(22(20)28)17-12-10-9-11-13-17/h9-13,21,25H,7-8H2,1-6H3. The Kier molecular flexibility index (Phi) is 6.72. The lowest BCUT2D eigenvalue weighted by molar-refractivity contribution is -0.139. The second-order valence-electron chi connectivity index (χ2n) is 7.55. The van der Waals surface area contributed by atoms with Gasteiger partial charge in [-0.05, 0) is 46.8 Å². The number of dihydropyridines is 1. The zero-order chi connectivity index (χ0) is 23.6. The highest BCUT2D eigenvalue weighted by atomic mass is 16.5. The summed E-state index contributed by atoms with van der Waals surface area (Å²) in [4.78, 5) is 39.7. The molecule has 8 nitrogen and oxygen atoms in total. The fourth-order valence-corrected chi connectivity index (χ4v) is 4.16. The number of ether oxygens (including phenoxy) is 2. The highest BCUT2D eigenvalue weighted by Gasteiger charge is 2.41. The van der Waals surface area contributed by atoms with Gasteiger partial charge in [-0.15, -0.1) is 0 Å². The van der Waals surface area contributed by atoms with Gasteiger partial charge < -0.3 is 14.8 Å². The summed E-state index contributed by atoms with van der Waals surface area (Å²) in [6.07, 6.45) is 0. The third-order valence-electron chi connectivity index (χ3n) is 5.64. The predicted molar refractivity (Wildman–Crippen MR) is 120 cm³/mol. The normalized spacial score (nSPS) is 14.4. The molecule has 2 aromatic rings. The summed E-state index contributed by atoms with van der Waals surface area (Å²) in [7, 11) is 1.77. The van der Waals surface area contributed by atoms with Gasteiger partial charge in [-0.2, -0.15) is 0 Å². The zero-order valence-corrected chi connectivity index (χ0v) is 19.3. The zero-order valence-electron chi connectivity index (χ0n) is 19.3. The van der Waals surface area contributed by atoms with E-state index in [1.165, 1.54) is 4.68 Å². The highest BCUT2D eigenvalue weighted by Crippen LogP contribution is 2.39. The van der Waals surface area contributed by atoms with Crippen LogP contribution in [0.2, 0.25) is 0 Å². The molecule has 8 heteroatoms. The van der Waals surface area contributed by atoms with E-state index in [0.29, 0.717) is 28.3 Å². The smallest absolute Gasteiger partial charge is 0.336 e. The van der Waals surface area contributed by atoms with Crippen molar-refractivity contribution in [2.45, 2.75) is 40.5 Å². The van der Waals surface area contributed by atoms with E-state index in [-0.39, 0.29) is 29.9 Å². The van der Waals surface area contributed by atoms with Crippen LogP contribution in [0.4, 0.5) is 0 Å². The molecule has 2 heterocycles. The number of rotatable bonds is 6.